The fourth-order valence-corrected chi connectivity index (χ4v) is 1.29. The first-order chi connectivity index (χ1) is 4.68. The zero-order chi connectivity index (χ0) is 7.56. The van der Waals surface area contributed by atoms with Crippen molar-refractivity contribution in [2.75, 3.05) is 0 Å². The summed E-state index contributed by atoms with van der Waals surface area (Å²) in [6.45, 7) is 1.99. The van der Waals surface area contributed by atoms with Gasteiger partial charge in [0.05, 0.1) is 12.2 Å². The largest absolute Gasteiger partial charge is 0.393 e. The minimum atomic E-state index is -0.340. The molecule has 0 heterocycles. The van der Waals surface area contributed by atoms with E-state index in [1.807, 2.05) is 13.0 Å². The Morgan fingerprint density at radius 2 is 2.10 bits per heavy atom. The molecule has 2 nitrogen and oxygen atoms in total. The Morgan fingerprint density at radius 3 is 2.80 bits per heavy atom. The highest BCUT2D eigenvalue weighted by atomic mass is 16.3. The molecule has 0 aromatic heterocycles. The Bertz CT molecular complexity index is 140. The normalized spacial score (nSPS) is 34.9. The Kier molecular flexibility index (Phi) is 2.46. The van der Waals surface area contributed by atoms with Crippen LogP contribution in [0, 0.1) is 0 Å². The summed E-state index contributed by atoms with van der Waals surface area (Å²) in [7, 11) is 0. The molecule has 58 valence electrons. The van der Waals surface area contributed by atoms with E-state index < -0.39 is 0 Å². The van der Waals surface area contributed by atoms with Gasteiger partial charge in [0.1, 0.15) is 0 Å². The molecule has 0 bridgehead atoms. The third-order valence-electron chi connectivity index (χ3n) is 1.84. The van der Waals surface area contributed by atoms with Crippen molar-refractivity contribution in [2.45, 2.75) is 38.4 Å². The van der Waals surface area contributed by atoms with Gasteiger partial charge in [0.2, 0.25) is 0 Å². The van der Waals surface area contributed by atoms with Crippen LogP contribution in [0.2, 0.25) is 0 Å². The van der Waals surface area contributed by atoms with Gasteiger partial charge in [0.25, 0.3) is 0 Å². The van der Waals surface area contributed by atoms with Gasteiger partial charge in [0, 0.05) is 0 Å². The van der Waals surface area contributed by atoms with Gasteiger partial charge in [-0.25, -0.2) is 0 Å². The maximum absolute atomic E-state index is 9.23. The SMILES string of the molecule is CC1=CC[C@@H](O)C[C@H](O)C1. The van der Waals surface area contributed by atoms with Crippen LogP contribution in [0.1, 0.15) is 26.2 Å². The van der Waals surface area contributed by atoms with Crippen molar-refractivity contribution in [3.05, 3.63) is 11.6 Å². The summed E-state index contributed by atoms with van der Waals surface area (Å²) in [5.41, 5.74) is 1.18. The van der Waals surface area contributed by atoms with E-state index in [-0.39, 0.29) is 12.2 Å². The van der Waals surface area contributed by atoms with E-state index in [9.17, 15) is 10.2 Å². The fraction of sp³-hybridized carbons (Fsp3) is 0.750. The topological polar surface area (TPSA) is 40.5 Å². The lowest BCUT2D eigenvalue weighted by Gasteiger charge is -2.09. The minimum Gasteiger partial charge on any atom is -0.393 e. The molecule has 0 saturated heterocycles. The predicted molar refractivity (Wildman–Crippen MR) is 39.6 cm³/mol. The van der Waals surface area contributed by atoms with Crippen LogP contribution in [0.3, 0.4) is 0 Å². The van der Waals surface area contributed by atoms with Gasteiger partial charge >= 0.3 is 0 Å². The van der Waals surface area contributed by atoms with Crippen molar-refractivity contribution in [1.29, 1.82) is 0 Å². The first-order valence-corrected chi connectivity index (χ1v) is 3.70. The van der Waals surface area contributed by atoms with E-state index >= 15 is 0 Å². The lowest BCUT2D eigenvalue weighted by Crippen LogP contribution is -2.14. The molecule has 1 aliphatic carbocycles. The molecule has 0 aromatic carbocycles. The van der Waals surface area contributed by atoms with E-state index in [1.165, 1.54) is 5.57 Å². The second kappa shape index (κ2) is 3.17. The number of aliphatic hydroxyl groups is 2. The van der Waals surface area contributed by atoms with E-state index in [0.29, 0.717) is 12.8 Å². The zero-order valence-corrected chi connectivity index (χ0v) is 6.25. The molecular formula is C8H14O2. The van der Waals surface area contributed by atoms with Crippen LogP contribution >= 0.6 is 0 Å². The van der Waals surface area contributed by atoms with Crippen LogP contribution in [0.25, 0.3) is 0 Å². The molecule has 0 aliphatic heterocycles. The highest BCUT2D eigenvalue weighted by molar-refractivity contribution is 5.03. The minimum absolute atomic E-state index is 0.339. The van der Waals surface area contributed by atoms with Crippen LogP contribution in [-0.2, 0) is 0 Å². The summed E-state index contributed by atoms with van der Waals surface area (Å²) in [4.78, 5) is 0. The maximum atomic E-state index is 9.23. The van der Waals surface area contributed by atoms with E-state index in [1.54, 1.807) is 0 Å². The first-order valence-electron chi connectivity index (χ1n) is 3.70. The molecular weight excluding hydrogens is 128 g/mol. The summed E-state index contributed by atoms with van der Waals surface area (Å²) < 4.78 is 0. The van der Waals surface area contributed by atoms with Gasteiger partial charge in [-0.05, 0) is 26.2 Å². The van der Waals surface area contributed by atoms with Gasteiger partial charge in [0.15, 0.2) is 0 Å². The van der Waals surface area contributed by atoms with Crippen molar-refractivity contribution in [3.8, 4) is 0 Å². The third kappa shape index (κ3) is 2.12. The molecule has 0 fully saturated rings. The summed E-state index contributed by atoms with van der Waals surface area (Å²) in [5, 5.41) is 18.4. The Morgan fingerprint density at radius 1 is 1.40 bits per heavy atom. The molecule has 2 atom stereocenters. The lowest BCUT2D eigenvalue weighted by molar-refractivity contribution is 0.0872. The molecule has 0 unspecified atom stereocenters. The molecule has 1 rings (SSSR count). The quantitative estimate of drug-likeness (QED) is 0.492. The molecule has 2 heteroatoms. The van der Waals surface area contributed by atoms with E-state index in [0.717, 1.165) is 6.42 Å². The fourth-order valence-electron chi connectivity index (χ4n) is 1.29. The highest BCUT2D eigenvalue weighted by Crippen LogP contribution is 2.17. The highest BCUT2D eigenvalue weighted by Gasteiger charge is 2.14. The number of aliphatic hydroxyl groups excluding tert-OH is 2. The van der Waals surface area contributed by atoms with E-state index in [2.05, 4.69) is 0 Å². The maximum Gasteiger partial charge on any atom is 0.0601 e. The first kappa shape index (κ1) is 7.76. The predicted octanol–water partition coefficient (Wildman–Crippen LogP) is 0.838. The number of hydrogen-bond acceptors (Lipinski definition) is 2. The molecule has 0 radical (unpaired) electrons. The Balaban J connectivity index is 2.53. The van der Waals surface area contributed by atoms with Crippen LogP contribution in [0.15, 0.2) is 11.6 Å². The van der Waals surface area contributed by atoms with Crippen molar-refractivity contribution in [1.82, 2.24) is 0 Å². The van der Waals surface area contributed by atoms with Gasteiger partial charge in [-0.1, -0.05) is 11.6 Å². The third-order valence-corrected chi connectivity index (χ3v) is 1.84. The Hall–Kier alpha value is -0.340. The average Bonchev–Trinajstić information content (AvgIpc) is 1.93. The second-order valence-corrected chi connectivity index (χ2v) is 3.03. The van der Waals surface area contributed by atoms with Crippen LogP contribution in [0.5, 0.6) is 0 Å². The smallest absolute Gasteiger partial charge is 0.0601 e. The molecule has 0 spiro atoms. The van der Waals surface area contributed by atoms with Gasteiger partial charge < -0.3 is 10.2 Å². The summed E-state index contributed by atoms with van der Waals surface area (Å²) in [6.07, 6.45) is 3.26. The van der Waals surface area contributed by atoms with Crippen LogP contribution < -0.4 is 0 Å². The molecule has 0 aromatic rings. The van der Waals surface area contributed by atoms with Gasteiger partial charge in [-0.15, -0.1) is 0 Å². The molecule has 0 saturated carbocycles. The number of rotatable bonds is 0. The molecule has 1 aliphatic rings. The van der Waals surface area contributed by atoms with Crippen LogP contribution in [-0.4, -0.2) is 22.4 Å². The van der Waals surface area contributed by atoms with Crippen molar-refractivity contribution in [2.24, 2.45) is 0 Å². The zero-order valence-electron chi connectivity index (χ0n) is 6.25. The lowest BCUT2D eigenvalue weighted by atomic mass is 10.1. The van der Waals surface area contributed by atoms with Crippen LogP contribution in [0.4, 0.5) is 0 Å². The standard InChI is InChI=1S/C8H14O2/c1-6-2-3-7(9)5-8(10)4-6/h2,7-10H,3-5H2,1H3/t7-,8-/m1/s1. The molecule has 2 N–H and O–H groups in total. The monoisotopic (exact) mass is 142 g/mol. The van der Waals surface area contributed by atoms with E-state index in [4.69, 9.17) is 0 Å². The van der Waals surface area contributed by atoms with Crippen molar-refractivity contribution >= 4 is 0 Å². The summed E-state index contributed by atoms with van der Waals surface area (Å²) in [6, 6.07) is 0. The Labute approximate surface area is 61.2 Å². The second-order valence-electron chi connectivity index (χ2n) is 3.03. The average molecular weight is 142 g/mol. The molecule has 10 heavy (non-hydrogen) atoms. The van der Waals surface area contributed by atoms with Gasteiger partial charge in [-0.3, -0.25) is 0 Å². The van der Waals surface area contributed by atoms with Crippen molar-refractivity contribution < 1.29 is 10.2 Å². The molecule has 0 amide bonds. The summed E-state index contributed by atoms with van der Waals surface area (Å²) in [5.74, 6) is 0. The van der Waals surface area contributed by atoms with Gasteiger partial charge in [-0.2, -0.15) is 0 Å². The van der Waals surface area contributed by atoms with Crippen molar-refractivity contribution in [3.63, 3.8) is 0 Å². The number of hydrogen-bond donors (Lipinski definition) is 2. The summed E-state index contributed by atoms with van der Waals surface area (Å²) >= 11 is 0.